The molecular weight excluding hydrogens is 236 g/mol. The van der Waals surface area contributed by atoms with Crippen molar-refractivity contribution in [2.24, 2.45) is 0 Å². The maximum atomic E-state index is 12.0. The zero-order valence-corrected chi connectivity index (χ0v) is 10.8. The van der Waals surface area contributed by atoms with Gasteiger partial charge in [-0.05, 0) is 19.3 Å². The monoisotopic (exact) mass is 258 g/mol. The molecule has 1 aliphatic heterocycles. The second-order valence-electron chi connectivity index (χ2n) is 4.63. The van der Waals surface area contributed by atoms with E-state index in [0.29, 0.717) is 13.0 Å². The molecule has 0 spiro atoms. The van der Waals surface area contributed by atoms with Crippen LogP contribution >= 0.6 is 0 Å². The van der Waals surface area contributed by atoms with Crippen LogP contribution in [0.5, 0.6) is 0 Å². The van der Waals surface area contributed by atoms with Gasteiger partial charge in [-0.2, -0.15) is 0 Å². The average Bonchev–Trinajstić information content (AvgIpc) is 2.60. The molecule has 1 fully saturated rings. The summed E-state index contributed by atoms with van der Waals surface area (Å²) >= 11 is 0. The van der Waals surface area contributed by atoms with Gasteiger partial charge in [-0.15, -0.1) is 0 Å². The second kappa shape index (κ2) is 7.20. The molecule has 1 heterocycles. The van der Waals surface area contributed by atoms with Gasteiger partial charge in [0.25, 0.3) is 0 Å². The molecule has 0 aromatic rings. The summed E-state index contributed by atoms with van der Waals surface area (Å²) in [6.07, 6.45) is 4.04. The van der Waals surface area contributed by atoms with Crippen LogP contribution in [0.15, 0.2) is 0 Å². The van der Waals surface area contributed by atoms with Gasteiger partial charge in [0.15, 0.2) is 0 Å². The predicted octanol–water partition coefficient (Wildman–Crippen LogP) is 0.796. The van der Waals surface area contributed by atoms with E-state index in [9.17, 15) is 14.7 Å². The lowest BCUT2D eigenvalue weighted by atomic mass is 10.1. The third kappa shape index (κ3) is 3.87. The van der Waals surface area contributed by atoms with Crippen molar-refractivity contribution in [2.75, 3.05) is 13.2 Å². The standard InChI is InChI=1S/C12H22N2O4/c1-2-10(11(16)17)13-12(18)14-7-5-3-4-6-9(14)8-15/h9-10,15H,2-8H2,1H3,(H,13,18)(H,16,17). The van der Waals surface area contributed by atoms with Gasteiger partial charge in [-0.25, -0.2) is 9.59 Å². The molecule has 3 N–H and O–H groups in total. The highest BCUT2D eigenvalue weighted by molar-refractivity contribution is 5.82. The smallest absolute Gasteiger partial charge is 0.326 e. The van der Waals surface area contributed by atoms with Crippen molar-refractivity contribution in [3.05, 3.63) is 0 Å². The molecular formula is C12H22N2O4. The number of carbonyl (C=O) groups excluding carboxylic acids is 1. The summed E-state index contributed by atoms with van der Waals surface area (Å²) in [5.74, 6) is -1.03. The van der Waals surface area contributed by atoms with E-state index in [1.54, 1.807) is 11.8 Å². The molecule has 0 radical (unpaired) electrons. The summed E-state index contributed by atoms with van der Waals surface area (Å²) in [5, 5.41) is 20.7. The zero-order valence-electron chi connectivity index (χ0n) is 10.8. The molecule has 1 rings (SSSR count). The van der Waals surface area contributed by atoms with Crippen molar-refractivity contribution in [3.8, 4) is 0 Å². The van der Waals surface area contributed by atoms with Crippen LogP contribution in [0.1, 0.15) is 39.0 Å². The fourth-order valence-electron chi connectivity index (χ4n) is 2.20. The Morgan fingerprint density at radius 2 is 2.11 bits per heavy atom. The third-order valence-electron chi connectivity index (χ3n) is 3.35. The van der Waals surface area contributed by atoms with Crippen molar-refractivity contribution in [3.63, 3.8) is 0 Å². The first-order chi connectivity index (χ1) is 8.60. The number of carboxylic acids is 1. The number of likely N-dealkylation sites (tertiary alicyclic amines) is 1. The van der Waals surface area contributed by atoms with Gasteiger partial charge < -0.3 is 20.4 Å². The highest BCUT2D eigenvalue weighted by Crippen LogP contribution is 2.16. The number of urea groups is 1. The molecule has 0 saturated carbocycles. The lowest BCUT2D eigenvalue weighted by molar-refractivity contribution is -0.139. The number of aliphatic hydroxyl groups excluding tert-OH is 1. The van der Waals surface area contributed by atoms with E-state index in [1.807, 2.05) is 0 Å². The Bertz CT molecular complexity index is 296. The highest BCUT2D eigenvalue weighted by Gasteiger charge is 2.27. The van der Waals surface area contributed by atoms with E-state index < -0.39 is 12.0 Å². The number of carboxylic acid groups (broad SMARTS) is 1. The molecule has 2 atom stereocenters. The fraction of sp³-hybridized carbons (Fsp3) is 0.833. The van der Waals surface area contributed by atoms with Crippen LogP contribution in [0, 0.1) is 0 Å². The largest absolute Gasteiger partial charge is 0.480 e. The first kappa shape index (κ1) is 14.8. The number of nitrogens with zero attached hydrogens (tertiary/aromatic N) is 1. The van der Waals surface area contributed by atoms with Crippen molar-refractivity contribution in [2.45, 2.75) is 51.1 Å². The Morgan fingerprint density at radius 1 is 1.39 bits per heavy atom. The van der Waals surface area contributed by atoms with E-state index in [0.717, 1.165) is 25.7 Å². The molecule has 1 aliphatic rings. The number of amides is 2. The van der Waals surface area contributed by atoms with Gasteiger partial charge in [-0.3, -0.25) is 0 Å². The van der Waals surface area contributed by atoms with E-state index in [1.165, 1.54) is 0 Å². The molecule has 0 aromatic carbocycles. The Hall–Kier alpha value is -1.30. The number of aliphatic carboxylic acids is 1. The molecule has 2 unspecified atom stereocenters. The van der Waals surface area contributed by atoms with Gasteiger partial charge in [0.1, 0.15) is 6.04 Å². The van der Waals surface area contributed by atoms with Gasteiger partial charge in [-0.1, -0.05) is 19.8 Å². The molecule has 0 aromatic heterocycles. The molecule has 18 heavy (non-hydrogen) atoms. The van der Waals surface area contributed by atoms with Crippen molar-refractivity contribution in [1.29, 1.82) is 0 Å². The summed E-state index contributed by atoms with van der Waals surface area (Å²) in [6.45, 7) is 2.22. The molecule has 6 heteroatoms. The maximum absolute atomic E-state index is 12.0. The lowest BCUT2D eigenvalue weighted by Crippen LogP contribution is -2.52. The summed E-state index contributed by atoms with van der Waals surface area (Å²) in [4.78, 5) is 24.5. The third-order valence-corrected chi connectivity index (χ3v) is 3.35. The average molecular weight is 258 g/mol. The maximum Gasteiger partial charge on any atom is 0.326 e. The number of hydrogen-bond acceptors (Lipinski definition) is 3. The van der Waals surface area contributed by atoms with Crippen LogP contribution in [0.25, 0.3) is 0 Å². The summed E-state index contributed by atoms with van der Waals surface area (Å²) in [6, 6.07) is -1.44. The van der Waals surface area contributed by atoms with Crippen LogP contribution in [-0.2, 0) is 4.79 Å². The number of hydrogen-bond donors (Lipinski definition) is 3. The van der Waals surface area contributed by atoms with Gasteiger partial charge in [0.2, 0.25) is 0 Å². The minimum Gasteiger partial charge on any atom is -0.480 e. The van der Waals surface area contributed by atoms with E-state index in [4.69, 9.17) is 5.11 Å². The van der Waals surface area contributed by atoms with Gasteiger partial charge >= 0.3 is 12.0 Å². The van der Waals surface area contributed by atoms with Crippen LogP contribution in [0.2, 0.25) is 0 Å². The molecule has 1 saturated heterocycles. The Morgan fingerprint density at radius 3 is 2.67 bits per heavy atom. The number of aliphatic hydroxyl groups is 1. The predicted molar refractivity (Wildman–Crippen MR) is 66.3 cm³/mol. The van der Waals surface area contributed by atoms with Crippen LogP contribution < -0.4 is 5.32 Å². The fourth-order valence-corrected chi connectivity index (χ4v) is 2.20. The Labute approximate surface area is 107 Å². The first-order valence-corrected chi connectivity index (χ1v) is 6.51. The van der Waals surface area contributed by atoms with Gasteiger partial charge in [0, 0.05) is 6.54 Å². The van der Waals surface area contributed by atoms with Crippen LogP contribution in [0.4, 0.5) is 4.79 Å². The topological polar surface area (TPSA) is 89.9 Å². The Kier molecular flexibility index (Phi) is 5.91. The first-order valence-electron chi connectivity index (χ1n) is 6.51. The van der Waals surface area contributed by atoms with Crippen molar-refractivity contribution < 1.29 is 19.8 Å². The summed E-state index contributed by atoms with van der Waals surface area (Å²) in [7, 11) is 0. The number of carbonyl (C=O) groups is 2. The van der Waals surface area contributed by atoms with E-state index in [-0.39, 0.29) is 18.7 Å². The molecule has 2 amide bonds. The summed E-state index contributed by atoms with van der Waals surface area (Å²) in [5.41, 5.74) is 0. The van der Waals surface area contributed by atoms with Crippen molar-refractivity contribution >= 4 is 12.0 Å². The number of nitrogens with one attached hydrogen (secondary N) is 1. The molecule has 104 valence electrons. The Balaban J connectivity index is 2.64. The summed E-state index contributed by atoms with van der Waals surface area (Å²) < 4.78 is 0. The molecule has 6 nitrogen and oxygen atoms in total. The highest BCUT2D eigenvalue weighted by atomic mass is 16.4. The van der Waals surface area contributed by atoms with E-state index in [2.05, 4.69) is 5.32 Å². The quantitative estimate of drug-likeness (QED) is 0.695. The van der Waals surface area contributed by atoms with Gasteiger partial charge in [0.05, 0.1) is 12.6 Å². The second-order valence-corrected chi connectivity index (χ2v) is 4.63. The minimum atomic E-state index is -1.03. The zero-order chi connectivity index (χ0) is 13.5. The SMILES string of the molecule is CCC(NC(=O)N1CCCCCC1CO)C(=O)O. The molecule has 0 aliphatic carbocycles. The minimum absolute atomic E-state index is 0.0721. The van der Waals surface area contributed by atoms with Crippen LogP contribution in [0.3, 0.4) is 0 Å². The molecule has 0 bridgehead atoms. The van der Waals surface area contributed by atoms with Crippen molar-refractivity contribution in [1.82, 2.24) is 10.2 Å². The van der Waals surface area contributed by atoms with E-state index >= 15 is 0 Å². The number of rotatable bonds is 4. The van der Waals surface area contributed by atoms with Crippen LogP contribution in [-0.4, -0.2) is 52.3 Å². The lowest BCUT2D eigenvalue weighted by Gasteiger charge is -2.29. The normalized spacial score (nSPS) is 22.1.